The molecule has 2 atom stereocenters. The van der Waals surface area contributed by atoms with Gasteiger partial charge in [-0.1, -0.05) is 13.8 Å². The van der Waals surface area contributed by atoms with Crippen molar-refractivity contribution in [1.29, 1.82) is 0 Å². The zero-order valence-corrected chi connectivity index (χ0v) is 8.82. The Kier molecular flexibility index (Phi) is 2.82. The van der Waals surface area contributed by atoms with Gasteiger partial charge in [-0.3, -0.25) is 4.79 Å². The molecular formula is C10H17ClO. The number of alkyl halides is 1. The monoisotopic (exact) mass is 188 g/mol. The van der Waals surface area contributed by atoms with E-state index in [-0.39, 0.29) is 11.3 Å². The predicted molar refractivity (Wildman–Crippen MR) is 51.4 cm³/mol. The van der Waals surface area contributed by atoms with Crippen molar-refractivity contribution in [3.05, 3.63) is 0 Å². The highest BCUT2D eigenvalue weighted by Gasteiger charge is 2.49. The van der Waals surface area contributed by atoms with E-state index in [1.807, 2.05) is 0 Å². The minimum atomic E-state index is 0.195. The third-order valence-corrected chi connectivity index (χ3v) is 3.64. The molecule has 2 heteroatoms. The normalized spacial score (nSPS) is 32.7. The highest BCUT2D eigenvalue weighted by molar-refractivity contribution is 6.17. The summed E-state index contributed by atoms with van der Waals surface area (Å²) in [6.07, 6.45) is 2.10. The molecule has 0 amide bonds. The number of carbonyl (C=O) groups excluding carboxylic acids is 1. The molecule has 0 bridgehead atoms. The van der Waals surface area contributed by atoms with Gasteiger partial charge in [0, 0.05) is 11.8 Å². The van der Waals surface area contributed by atoms with Crippen molar-refractivity contribution < 1.29 is 4.79 Å². The fourth-order valence-corrected chi connectivity index (χ4v) is 2.59. The van der Waals surface area contributed by atoms with Crippen molar-refractivity contribution in [1.82, 2.24) is 0 Å². The fourth-order valence-electron chi connectivity index (χ4n) is 2.33. The molecule has 0 spiro atoms. The van der Waals surface area contributed by atoms with Crippen LogP contribution in [-0.2, 0) is 4.79 Å². The van der Waals surface area contributed by atoms with E-state index in [9.17, 15) is 4.79 Å². The van der Waals surface area contributed by atoms with Crippen molar-refractivity contribution in [2.75, 3.05) is 5.88 Å². The van der Waals surface area contributed by atoms with Gasteiger partial charge in [0.15, 0.2) is 0 Å². The van der Waals surface area contributed by atoms with Gasteiger partial charge in [-0.15, -0.1) is 11.6 Å². The number of hydrogen-bond acceptors (Lipinski definition) is 1. The molecule has 1 fully saturated rings. The molecule has 1 aliphatic carbocycles. The molecule has 0 unspecified atom stereocenters. The minimum absolute atomic E-state index is 0.195. The number of carbonyl (C=O) groups is 1. The second-order valence-corrected chi connectivity index (χ2v) is 4.77. The number of ketones is 1. The van der Waals surface area contributed by atoms with Gasteiger partial charge in [-0.25, -0.2) is 0 Å². The highest BCUT2D eigenvalue weighted by Crippen LogP contribution is 2.53. The smallest absolute Gasteiger partial charge is 0.133 e. The molecule has 0 heterocycles. The lowest BCUT2D eigenvalue weighted by molar-refractivity contribution is -0.136. The molecule has 0 aromatic rings. The Morgan fingerprint density at radius 3 is 2.50 bits per heavy atom. The third kappa shape index (κ3) is 1.52. The average molecular weight is 189 g/mol. The number of hydrogen-bond donors (Lipinski definition) is 0. The van der Waals surface area contributed by atoms with Gasteiger partial charge >= 0.3 is 0 Å². The first-order chi connectivity index (χ1) is 5.50. The number of halogens is 1. The summed E-state index contributed by atoms with van der Waals surface area (Å²) in [7, 11) is 0. The Balaban J connectivity index is 2.53. The zero-order chi connectivity index (χ0) is 9.35. The van der Waals surface area contributed by atoms with Gasteiger partial charge < -0.3 is 0 Å². The maximum atomic E-state index is 11.2. The molecule has 0 aromatic carbocycles. The van der Waals surface area contributed by atoms with Gasteiger partial charge in [-0.05, 0) is 31.1 Å². The van der Waals surface area contributed by atoms with Crippen LogP contribution in [0.5, 0.6) is 0 Å². The van der Waals surface area contributed by atoms with Crippen LogP contribution in [0.4, 0.5) is 0 Å². The van der Waals surface area contributed by atoms with E-state index in [1.165, 1.54) is 0 Å². The SMILES string of the molecule is CC(=O)[C@@H]1C[C@H](CCCl)C1(C)C. The Hall–Kier alpha value is -0.0400. The summed E-state index contributed by atoms with van der Waals surface area (Å²) in [5.41, 5.74) is 0.195. The van der Waals surface area contributed by atoms with Crippen molar-refractivity contribution in [3.63, 3.8) is 0 Å². The lowest BCUT2D eigenvalue weighted by Gasteiger charge is -2.51. The molecule has 12 heavy (non-hydrogen) atoms. The maximum absolute atomic E-state index is 11.2. The summed E-state index contributed by atoms with van der Waals surface area (Å²) in [5, 5.41) is 0. The largest absolute Gasteiger partial charge is 0.300 e. The van der Waals surface area contributed by atoms with Gasteiger partial charge in [-0.2, -0.15) is 0 Å². The van der Waals surface area contributed by atoms with Crippen LogP contribution in [0.15, 0.2) is 0 Å². The summed E-state index contributed by atoms with van der Waals surface area (Å²) in [5.74, 6) is 2.00. The van der Waals surface area contributed by atoms with Gasteiger partial charge in [0.1, 0.15) is 5.78 Å². The van der Waals surface area contributed by atoms with Crippen LogP contribution in [0.25, 0.3) is 0 Å². The first kappa shape index (κ1) is 10.0. The summed E-state index contributed by atoms with van der Waals surface area (Å²) in [6.45, 7) is 6.06. The molecule has 0 saturated heterocycles. The summed E-state index contributed by atoms with van der Waals surface area (Å²) in [6, 6.07) is 0. The van der Waals surface area contributed by atoms with E-state index < -0.39 is 0 Å². The molecule has 0 N–H and O–H groups in total. The lowest BCUT2D eigenvalue weighted by atomic mass is 9.53. The second kappa shape index (κ2) is 3.37. The molecule has 0 radical (unpaired) electrons. The van der Waals surface area contributed by atoms with Crippen LogP contribution in [0, 0.1) is 17.3 Å². The fraction of sp³-hybridized carbons (Fsp3) is 0.900. The Labute approximate surface area is 79.5 Å². The van der Waals surface area contributed by atoms with Crippen LogP contribution >= 0.6 is 11.6 Å². The highest BCUT2D eigenvalue weighted by atomic mass is 35.5. The predicted octanol–water partition coefficient (Wildman–Crippen LogP) is 2.87. The van der Waals surface area contributed by atoms with Crippen LogP contribution in [-0.4, -0.2) is 11.7 Å². The van der Waals surface area contributed by atoms with Crippen LogP contribution in [0.1, 0.15) is 33.6 Å². The van der Waals surface area contributed by atoms with Crippen molar-refractivity contribution in [3.8, 4) is 0 Å². The average Bonchev–Trinajstić information content (AvgIpc) is 1.96. The molecule has 0 aliphatic heterocycles. The second-order valence-electron chi connectivity index (χ2n) is 4.39. The molecule has 1 aliphatic rings. The Morgan fingerprint density at radius 2 is 2.17 bits per heavy atom. The number of Topliss-reactive ketones (excluding diaryl/α,β-unsaturated/α-hetero) is 1. The zero-order valence-electron chi connectivity index (χ0n) is 8.06. The first-order valence-corrected chi connectivity index (χ1v) is 5.10. The number of rotatable bonds is 3. The Morgan fingerprint density at radius 1 is 1.58 bits per heavy atom. The lowest BCUT2D eigenvalue weighted by Crippen LogP contribution is -2.48. The first-order valence-electron chi connectivity index (χ1n) is 4.56. The van der Waals surface area contributed by atoms with Crippen molar-refractivity contribution >= 4 is 17.4 Å². The van der Waals surface area contributed by atoms with E-state index in [0.29, 0.717) is 11.7 Å². The van der Waals surface area contributed by atoms with Crippen molar-refractivity contribution in [2.24, 2.45) is 17.3 Å². The van der Waals surface area contributed by atoms with E-state index in [4.69, 9.17) is 11.6 Å². The molecule has 70 valence electrons. The molecule has 1 nitrogen and oxygen atoms in total. The van der Waals surface area contributed by atoms with E-state index in [1.54, 1.807) is 6.92 Å². The molecule has 1 rings (SSSR count). The molecular weight excluding hydrogens is 172 g/mol. The molecule has 0 aromatic heterocycles. The van der Waals surface area contributed by atoms with E-state index in [2.05, 4.69) is 13.8 Å². The third-order valence-electron chi connectivity index (χ3n) is 3.42. The quantitative estimate of drug-likeness (QED) is 0.623. The van der Waals surface area contributed by atoms with Crippen LogP contribution < -0.4 is 0 Å². The summed E-state index contributed by atoms with van der Waals surface area (Å²) >= 11 is 5.68. The molecule has 1 saturated carbocycles. The van der Waals surface area contributed by atoms with E-state index in [0.717, 1.165) is 18.7 Å². The van der Waals surface area contributed by atoms with Gasteiger partial charge in [0.05, 0.1) is 0 Å². The summed E-state index contributed by atoms with van der Waals surface area (Å²) < 4.78 is 0. The van der Waals surface area contributed by atoms with Crippen LogP contribution in [0.2, 0.25) is 0 Å². The topological polar surface area (TPSA) is 17.1 Å². The standard InChI is InChI=1S/C10H17ClO/c1-7(12)9-6-8(4-5-11)10(9,2)3/h8-9H,4-6H2,1-3H3/t8-,9-/m0/s1. The Bertz CT molecular complexity index is 186. The maximum Gasteiger partial charge on any atom is 0.133 e. The van der Waals surface area contributed by atoms with Gasteiger partial charge in [0.2, 0.25) is 0 Å². The van der Waals surface area contributed by atoms with E-state index >= 15 is 0 Å². The van der Waals surface area contributed by atoms with Crippen molar-refractivity contribution in [2.45, 2.75) is 33.6 Å². The van der Waals surface area contributed by atoms with Gasteiger partial charge in [0.25, 0.3) is 0 Å². The minimum Gasteiger partial charge on any atom is -0.300 e. The van der Waals surface area contributed by atoms with Crippen LogP contribution in [0.3, 0.4) is 0 Å². The summed E-state index contributed by atoms with van der Waals surface area (Å²) in [4.78, 5) is 11.2.